The van der Waals surface area contributed by atoms with E-state index in [0.29, 0.717) is 11.4 Å². The highest BCUT2D eigenvalue weighted by Gasteiger charge is 2.36. The molecule has 1 aliphatic heterocycles. The van der Waals surface area contributed by atoms with Crippen molar-refractivity contribution in [3.05, 3.63) is 14.7 Å². The van der Waals surface area contributed by atoms with Crippen molar-refractivity contribution in [2.24, 2.45) is 0 Å². The Morgan fingerprint density at radius 1 is 1.65 bits per heavy atom. The molecule has 1 saturated heterocycles. The Hall–Kier alpha value is 0.0500. The molecule has 0 saturated carbocycles. The van der Waals surface area contributed by atoms with Crippen molar-refractivity contribution in [1.29, 1.82) is 0 Å². The van der Waals surface area contributed by atoms with Gasteiger partial charge in [-0.1, -0.05) is 0 Å². The minimum absolute atomic E-state index is 0.108. The Morgan fingerprint density at radius 3 is 2.88 bits per heavy atom. The molecule has 1 unspecified atom stereocenters. The van der Waals surface area contributed by atoms with Crippen LogP contribution in [0, 0.1) is 6.92 Å². The first-order valence-electron chi connectivity index (χ1n) is 5.35. The molecule has 96 valence electrons. The highest BCUT2D eigenvalue weighted by Crippen LogP contribution is 2.34. The molecule has 4 nitrogen and oxygen atoms in total. The molecule has 0 bridgehead atoms. The fourth-order valence-electron chi connectivity index (χ4n) is 2.12. The lowest BCUT2D eigenvalue weighted by atomic mass is 10.2. The van der Waals surface area contributed by atoms with Gasteiger partial charge in [0.25, 0.3) is 0 Å². The summed E-state index contributed by atoms with van der Waals surface area (Å²) in [6, 6.07) is 1.38. The van der Waals surface area contributed by atoms with E-state index < -0.39 is 10.0 Å². The first-order valence-corrected chi connectivity index (χ1v) is 8.40. The number of hydrogen-bond acceptors (Lipinski definition) is 4. The van der Waals surface area contributed by atoms with Crippen LogP contribution >= 0.6 is 27.3 Å². The molecular weight excluding hydrogens is 326 g/mol. The van der Waals surface area contributed by atoms with Gasteiger partial charge in [-0.25, -0.2) is 8.42 Å². The second kappa shape index (κ2) is 4.97. The lowest BCUT2D eigenvalue weighted by Gasteiger charge is -2.22. The van der Waals surface area contributed by atoms with E-state index in [1.807, 2.05) is 0 Å². The highest BCUT2D eigenvalue weighted by atomic mass is 79.9. The maximum Gasteiger partial charge on any atom is 0.244 e. The number of hydrogen-bond donors (Lipinski definition) is 1. The third-order valence-electron chi connectivity index (χ3n) is 2.96. The quantitative estimate of drug-likeness (QED) is 0.915. The third-order valence-corrected chi connectivity index (χ3v) is 6.72. The van der Waals surface area contributed by atoms with Gasteiger partial charge >= 0.3 is 0 Å². The molecule has 0 aromatic carbocycles. The van der Waals surface area contributed by atoms with Gasteiger partial charge in [-0.3, -0.25) is 0 Å². The molecule has 0 aliphatic carbocycles. The first kappa shape index (κ1) is 13.5. The van der Waals surface area contributed by atoms with E-state index in [2.05, 4.69) is 15.9 Å². The molecule has 0 amide bonds. The van der Waals surface area contributed by atoms with Crippen LogP contribution in [-0.2, 0) is 10.0 Å². The van der Waals surface area contributed by atoms with Gasteiger partial charge in [0.05, 0.1) is 15.3 Å². The SMILES string of the molecule is Cc1sc(Br)cc1S(=O)(=O)N1CCCC1CO. The molecule has 2 rings (SSSR count). The average Bonchev–Trinajstić information content (AvgIpc) is 2.84. The van der Waals surface area contributed by atoms with E-state index in [0.717, 1.165) is 21.5 Å². The van der Waals surface area contributed by atoms with Gasteiger partial charge < -0.3 is 5.11 Å². The number of rotatable bonds is 3. The van der Waals surface area contributed by atoms with Crippen LogP contribution < -0.4 is 0 Å². The van der Waals surface area contributed by atoms with Crippen LogP contribution in [0.2, 0.25) is 0 Å². The lowest BCUT2D eigenvalue weighted by Crippen LogP contribution is -2.37. The smallest absolute Gasteiger partial charge is 0.244 e. The van der Waals surface area contributed by atoms with Gasteiger partial charge in [0.15, 0.2) is 0 Å². The van der Waals surface area contributed by atoms with E-state index in [1.165, 1.54) is 15.6 Å². The number of sulfonamides is 1. The summed E-state index contributed by atoms with van der Waals surface area (Å²) in [5.41, 5.74) is 0. The van der Waals surface area contributed by atoms with E-state index in [9.17, 15) is 13.5 Å². The van der Waals surface area contributed by atoms with Crippen molar-refractivity contribution >= 4 is 37.3 Å². The van der Waals surface area contributed by atoms with Crippen molar-refractivity contribution in [3.63, 3.8) is 0 Å². The summed E-state index contributed by atoms with van der Waals surface area (Å²) in [5.74, 6) is 0. The summed E-state index contributed by atoms with van der Waals surface area (Å²) in [6.45, 7) is 2.19. The van der Waals surface area contributed by atoms with Gasteiger partial charge in [-0.15, -0.1) is 11.3 Å². The lowest BCUT2D eigenvalue weighted by molar-refractivity contribution is 0.213. The van der Waals surface area contributed by atoms with Crippen molar-refractivity contribution in [2.75, 3.05) is 13.2 Å². The first-order chi connectivity index (χ1) is 7.96. The van der Waals surface area contributed by atoms with Gasteiger partial charge in [0, 0.05) is 17.5 Å². The Bertz CT molecular complexity index is 512. The van der Waals surface area contributed by atoms with Crippen LogP contribution in [0.5, 0.6) is 0 Å². The maximum atomic E-state index is 12.4. The van der Waals surface area contributed by atoms with Crippen LogP contribution in [0.1, 0.15) is 17.7 Å². The summed E-state index contributed by atoms with van der Waals surface area (Å²) >= 11 is 4.71. The zero-order valence-electron chi connectivity index (χ0n) is 9.39. The van der Waals surface area contributed by atoms with Crippen LogP contribution in [-0.4, -0.2) is 37.0 Å². The Morgan fingerprint density at radius 2 is 2.35 bits per heavy atom. The Kier molecular flexibility index (Phi) is 3.94. The number of halogens is 1. The fraction of sp³-hybridized carbons (Fsp3) is 0.600. The van der Waals surface area contributed by atoms with E-state index in [4.69, 9.17) is 0 Å². The van der Waals surface area contributed by atoms with Crippen LogP contribution in [0.15, 0.2) is 14.7 Å². The van der Waals surface area contributed by atoms with Crippen molar-refractivity contribution in [3.8, 4) is 0 Å². The highest BCUT2D eigenvalue weighted by molar-refractivity contribution is 9.11. The Labute approximate surface area is 113 Å². The van der Waals surface area contributed by atoms with Gasteiger partial charge in [-0.05, 0) is 41.8 Å². The Balaban J connectivity index is 2.39. The molecule has 1 fully saturated rings. The van der Waals surface area contributed by atoms with Gasteiger partial charge in [0.1, 0.15) is 0 Å². The predicted molar refractivity (Wildman–Crippen MR) is 70.8 cm³/mol. The van der Waals surface area contributed by atoms with Crippen molar-refractivity contribution < 1.29 is 13.5 Å². The van der Waals surface area contributed by atoms with Crippen LogP contribution in [0.4, 0.5) is 0 Å². The monoisotopic (exact) mass is 339 g/mol. The molecule has 1 atom stereocenters. The molecule has 1 aromatic heterocycles. The minimum atomic E-state index is -3.46. The molecule has 17 heavy (non-hydrogen) atoms. The van der Waals surface area contributed by atoms with Crippen LogP contribution in [0.25, 0.3) is 0 Å². The maximum absolute atomic E-state index is 12.4. The van der Waals surface area contributed by atoms with Crippen molar-refractivity contribution in [2.45, 2.75) is 30.7 Å². The summed E-state index contributed by atoms with van der Waals surface area (Å²) < 4.78 is 27.1. The molecule has 1 aromatic rings. The number of nitrogens with zero attached hydrogens (tertiary/aromatic N) is 1. The second-order valence-corrected chi connectivity index (χ2v) is 8.56. The summed E-state index contributed by atoms with van der Waals surface area (Å²) in [6.07, 6.45) is 1.55. The average molecular weight is 340 g/mol. The molecular formula is C10H14BrNO3S2. The van der Waals surface area contributed by atoms with E-state index in [-0.39, 0.29) is 12.6 Å². The second-order valence-electron chi connectivity index (χ2n) is 4.07. The zero-order chi connectivity index (χ0) is 12.6. The predicted octanol–water partition coefficient (Wildman–Crippen LogP) is 1.96. The van der Waals surface area contributed by atoms with Crippen LogP contribution in [0.3, 0.4) is 0 Å². The van der Waals surface area contributed by atoms with Gasteiger partial charge in [0.2, 0.25) is 10.0 Å². The molecule has 1 N–H and O–H groups in total. The standard InChI is InChI=1S/C10H14BrNO3S2/c1-7-9(5-10(11)16-7)17(14,15)12-4-2-3-8(12)6-13/h5,8,13H,2-4,6H2,1H3. The summed E-state index contributed by atoms with van der Waals surface area (Å²) in [7, 11) is -3.46. The van der Waals surface area contributed by atoms with E-state index >= 15 is 0 Å². The summed E-state index contributed by atoms with van der Waals surface area (Å²) in [4.78, 5) is 1.13. The van der Waals surface area contributed by atoms with Gasteiger partial charge in [-0.2, -0.15) is 4.31 Å². The largest absolute Gasteiger partial charge is 0.395 e. The van der Waals surface area contributed by atoms with Crippen molar-refractivity contribution in [1.82, 2.24) is 4.31 Å². The molecule has 0 radical (unpaired) electrons. The molecule has 7 heteroatoms. The van der Waals surface area contributed by atoms with E-state index in [1.54, 1.807) is 13.0 Å². The molecule has 0 spiro atoms. The third kappa shape index (κ3) is 2.44. The minimum Gasteiger partial charge on any atom is -0.395 e. The number of thiophene rings is 1. The molecule has 1 aliphatic rings. The number of aryl methyl sites for hydroxylation is 1. The number of aliphatic hydroxyl groups is 1. The molecule has 2 heterocycles. The zero-order valence-corrected chi connectivity index (χ0v) is 12.6. The fourth-order valence-corrected chi connectivity index (χ4v) is 6.19. The normalized spacial score (nSPS) is 22.2. The summed E-state index contributed by atoms with van der Waals surface area (Å²) in [5, 5.41) is 9.21. The topological polar surface area (TPSA) is 57.6 Å². The number of aliphatic hydroxyl groups excluding tert-OH is 1.